The molecule has 6 unspecified atom stereocenters. The van der Waals surface area contributed by atoms with Crippen LogP contribution in [-0.4, -0.2) is 143 Å². The zero-order valence-corrected chi connectivity index (χ0v) is 42.3. The van der Waals surface area contributed by atoms with Gasteiger partial charge in [0, 0.05) is 37.4 Å². The number of hydrogen-bond donors (Lipinski definition) is 8. The normalized spacial score (nSPS) is 23.6. The van der Waals surface area contributed by atoms with Crippen molar-refractivity contribution in [2.45, 2.75) is 89.0 Å². The van der Waals surface area contributed by atoms with E-state index in [2.05, 4.69) is 30.6 Å². The number of benzene rings is 2. The van der Waals surface area contributed by atoms with Crippen LogP contribution >= 0.6 is 0 Å². The quantitative estimate of drug-likeness (QED) is 0.0334. The van der Waals surface area contributed by atoms with Gasteiger partial charge in [-0.25, -0.2) is 9.59 Å². The number of aromatic hydroxyl groups is 2. The van der Waals surface area contributed by atoms with Crippen LogP contribution in [0.5, 0.6) is 11.5 Å². The molecule has 0 saturated carbocycles. The Labute approximate surface area is 439 Å². The molecular formula is C54H64N4O18. The number of carbonyl (C=O) groups is 6. The minimum absolute atomic E-state index is 0.0241. The number of carbonyl (C=O) groups excluding carboxylic acids is 6. The first-order chi connectivity index (χ1) is 36.5. The zero-order chi connectivity index (χ0) is 55.8. The van der Waals surface area contributed by atoms with Crippen LogP contribution < -0.4 is 10.6 Å². The van der Waals surface area contributed by atoms with Gasteiger partial charge in [0.15, 0.2) is 0 Å². The van der Waals surface area contributed by atoms with Crippen molar-refractivity contribution in [1.82, 2.24) is 10.6 Å². The molecule has 8 N–H and O–H groups in total. The average Bonchev–Trinajstić information content (AvgIpc) is 3.39. The lowest BCUT2D eigenvalue weighted by molar-refractivity contribution is -0.151. The van der Waals surface area contributed by atoms with Crippen molar-refractivity contribution in [3.63, 3.8) is 0 Å². The first-order valence-electron chi connectivity index (χ1n) is 23.6. The molecule has 2 aromatic rings. The van der Waals surface area contributed by atoms with E-state index in [0.29, 0.717) is 22.3 Å². The number of aliphatic hydroxyl groups is 4. The molecule has 2 amide bonds. The van der Waals surface area contributed by atoms with Crippen molar-refractivity contribution in [1.29, 1.82) is 0 Å². The summed E-state index contributed by atoms with van der Waals surface area (Å²) in [5, 5.41) is 72.6. The van der Waals surface area contributed by atoms with E-state index in [1.807, 2.05) is 0 Å². The highest BCUT2D eigenvalue weighted by Crippen LogP contribution is 2.27. The zero-order valence-electron chi connectivity index (χ0n) is 42.3. The van der Waals surface area contributed by atoms with Gasteiger partial charge in [0.2, 0.25) is 11.8 Å². The van der Waals surface area contributed by atoms with Gasteiger partial charge in [-0.2, -0.15) is 0 Å². The Morgan fingerprint density at radius 1 is 0.632 bits per heavy atom. The Balaban J connectivity index is 0.000000400. The van der Waals surface area contributed by atoms with Crippen molar-refractivity contribution >= 4 is 48.1 Å². The van der Waals surface area contributed by atoms with Gasteiger partial charge in [-0.3, -0.25) is 19.2 Å². The van der Waals surface area contributed by atoms with Crippen LogP contribution in [0.2, 0.25) is 0 Å². The number of rotatable bonds is 14. The van der Waals surface area contributed by atoms with Crippen LogP contribution in [0, 0.1) is 0 Å². The number of phenolic OH excluding ortho intramolecular Hbond substituents is 2. The summed E-state index contributed by atoms with van der Waals surface area (Å²) in [5.74, 6) is -4.74. The lowest BCUT2D eigenvalue weighted by Gasteiger charge is -2.19. The molecule has 0 fully saturated rings. The van der Waals surface area contributed by atoms with Crippen molar-refractivity contribution in [2.24, 2.45) is 10.3 Å². The molecule has 0 aliphatic carbocycles. The van der Waals surface area contributed by atoms with E-state index in [4.69, 9.17) is 18.9 Å². The van der Waals surface area contributed by atoms with E-state index in [1.54, 1.807) is 50.3 Å². The minimum atomic E-state index is -1.02. The molecule has 2 aliphatic heterocycles. The maximum Gasteiger partial charge on any atom is 0.342 e. The molecule has 22 heteroatoms. The fourth-order valence-corrected chi connectivity index (χ4v) is 6.65. The highest BCUT2D eigenvalue weighted by atomic mass is 16.6. The summed E-state index contributed by atoms with van der Waals surface area (Å²) < 4.78 is 21.6. The molecule has 2 aromatic carbocycles. The SMILES string of the molecule is CO/N=C/C=C/C(=O)N/C=C/CC1CC(=O)OC(CO)/C=C/C(O)/C(C)=C\Cc2cccc(O)c2C(=O)O1.CO/N=C\C=C/C(=O)N/C=C/CC1CC(=O)OC(CO)/C=C/C(O)/C(C)=C\Cc2cccc(O)c2C(=O)O1. The maximum atomic E-state index is 13.1. The number of nitrogens with one attached hydrogen (secondary N) is 2. The summed E-state index contributed by atoms with van der Waals surface area (Å²) in [6.45, 7) is 2.32. The topological polar surface area (TPSA) is 328 Å². The van der Waals surface area contributed by atoms with Crippen molar-refractivity contribution in [2.75, 3.05) is 27.4 Å². The Morgan fingerprint density at radius 2 is 1.03 bits per heavy atom. The van der Waals surface area contributed by atoms with Gasteiger partial charge in [-0.05, 0) is 85.4 Å². The number of fused-ring (bicyclic) bond motifs is 2. The summed E-state index contributed by atoms with van der Waals surface area (Å²) in [4.78, 5) is 83.9. The molecule has 22 nitrogen and oxygen atoms in total. The summed E-state index contributed by atoms with van der Waals surface area (Å²) in [5.41, 5.74) is 1.88. The third-order valence-electron chi connectivity index (χ3n) is 10.6. The summed E-state index contributed by atoms with van der Waals surface area (Å²) in [6, 6.07) is 9.14. The first-order valence-corrected chi connectivity index (χ1v) is 23.6. The summed E-state index contributed by atoms with van der Waals surface area (Å²) in [7, 11) is 2.73. The Bertz CT molecular complexity index is 2420. The molecule has 4 rings (SSSR count). The van der Waals surface area contributed by atoms with E-state index >= 15 is 0 Å². The van der Waals surface area contributed by atoms with E-state index in [9.17, 15) is 59.4 Å². The molecule has 76 heavy (non-hydrogen) atoms. The van der Waals surface area contributed by atoms with Crippen molar-refractivity contribution < 1.29 is 88.0 Å². The molecule has 2 heterocycles. The molecule has 0 aromatic heterocycles. The van der Waals surface area contributed by atoms with Crippen LogP contribution in [0.15, 0.2) is 143 Å². The Morgan fingerprint density at radius 3 is 1.39 bits per heavy atom. The number of esters is 4. The molecule has 6 atom stereocenters. The minimum Gasteiger partial charge on any atom is -0.507 e. The van der Waals surface area contributed by atoms with Gasteiger partial charge in [-0.15, -0.1) is 0 Å². The average molecular weight is 1060 g/mol. The van der Waals surface area contributed by atoms with Gasteiger partial charge in [0.25, 0.3) is 0 Å². The number of hydrogen-bond acceptors (Lipinski definition) is 20. The van der Waals surface area contributed by atoms with Gasteiger partial charge in [0.1, 0.15) is 61.3 Å². The second-order valence-electron chi connectivity index (χ2n) is 16.4. The van der Waals surface area contributed by atoms with Gasteiger partial charge in [0.05, 0.1) is 50.7 Å². The fourth-order valence-electron chi connectivity index (χ4n) is 6.65. The number of nitrogens with zero attached hydrogens (tertiary/aromatic N) is 2. The molecule has 0 spiro atoms. The second-order valence-corrected chi connectivity index (χ2v) is 16.4. The predicted molar refractivity (Wildman–Crippen MR) is 276 cm³/mol. The summed E-state index contributed by atoms with van der Waals surface area (Å²) >= 11 is 0. The van der Waals surface area contributed by atoms with Crippen LogP contribution in [0.25, 0.3) is 0 Å². The van der Waals surface area contributed by atoms with Gasteiger partial charge >= 0.3 is 23.9 Å². The predicted octanol–water partition coefficient (Wildman–Crippen LogP) is 3.68. The number of aliphatic hydroxyl groups excluding tert-OH is 4. The standard InChI is InChI=1S/2C27H32N2O9/c2*1-18-10-11-19-6-3-8-23(32)26(19)27(35)38-20(7-4-14-28-24(33)9-5-15-29-36-2)16-25(34)37-21(17-30)12-13-22(18)31/h2*3-6,8-10,12-15,20-22,30-32H,7,11,16-17H2,1-2H3,(H,28,33)/b9-5+,13-12+,14-4+,18-10-,29-15+;9-5-,13-12+,14-4+,18-10-,29-15-. The second kappa shape index (κ2) is 34.1. The molecule has 2 aliphatic rings. The van der Waals surface area contributed by atoms with E-state index in [0.717, 1.165) is 0 Å². The maximum absolute atomic E-state index is 13.1. The fraction of sp³-hybridized carbons (Fsp3) is 0.333. The summed E-state index contributed by atoms with van der Waals surface area (Å²) in [6.07, 6.45) is 15.9. The van der Waals surface area contributed by atoms with E-state index in [1.165, 1.54) is 112 Å². The molecule has 0 bridgehead atoms. The van der Waals surface area contributed by atoms with Crippen molar-refractivity contribution in [3.8, 4) is 11.5 Å². The highest BCUT2D eigenvalue weighted by Gasteiger charge is 2.27. The Hall–Kier alpha value is -8.44. The number of phenols is 2. The van der Waals surface area contributed by atoms with Gasteiger partial charge in [-0.1, -0.05) is 71.0 Å². The van der Waals surface area contributed by atoms with Crippen LogP contribution in [0.4, 0.5) is 0 Å². The molecule has 0 radical (unpaired) electrons. The monoisotopic (exact) mass is 1060 g/mol. The third-order valence-corrected chi connectivity index (χ3v) is 10.6. The highest BCUT2D eigenvalue weighted by molar-refractivity contribution is 5.95. The van der Waals surface area contributed by atoms with Gasteiger partial charge < -0.3 is 69.9 Å². The van der Waals surface area contributed by atoms with E-state index < -0.39 is 85.5 Å². The van der Waals surface area contributed by atoms with Crippen LogP contribution in [-0.2, 0) is 60.6 Å². The van der Waals surface area contributed by atoms with Crippen LogP contribution in [0.1, 0.15) is 71.4 Å². The smallest absolute Gasteiger partial charge is 0.342 e. The first kappa shape index (κ1) is 61.9. The largest absolute Gasteiger partial charge is 0.507 e. The molecule has 408 valence electrons. The third kappa shape index (κ3) is 22.8. The lowest BCUT2D eigenvalue weighted by atomic mass is 10.0. The van der Waals surface area contributed by atoms with E-state index in [-0.39, 0.29) is 61.2 Å². The number of allylic oxidation sites excluding steroid dienone is 4. The Kier molecular flexibility index (Phi) is 27.8. The number of oxime groups is 2. The van der Waals surface area contributed by atoms with Crippen LogP contribution in [0.3, 0.4) is 0 Å². The number of cyclic esters (lactones) is 4. The lowest BCUT2D eigenvalue weighted by Crippen LogP contribution is -2.27. The molecule has 0 saturated heterocycles. The number of ether oxygens (including phenoxy) is 4. The number of amides is 2. The van der Waals surface area contributed by atoms with Crippen molar-refractivity contribution in [3.05, 3.63) is 155 Å². The molecular weight excluding hydrogens is 993 g/mol.